The second-order valence-electron chi connectivity index (χ2n) is 11.9. The van der Waals surface area contributed by atoms with Crippen molar-refractivity contribution in [2.45, 2.75) is 212 Å². The van der Waals surface area contributed by atoms with E-state index in [4.69, 9.17) is 5.26 Å². The molecule has 0 aromatic carbocycles. The molecule has 38 heavy (non-hydrogen) atoms. The molecule has 0 saturated carbocycles. The Balaban J connectivity index is 3.01. The van der Waals surface area contributed by atoms with Gasteiger partial charge < -0.3 is 0 Å². The Morgan fingerprint density at radius 3 is 0.737 bits per heavy atom. The third kappa shape index (κ3) is 35.8. The van der Waals surface area contributed by atoms with Crippen molar-refractivity contribution >= 4 is 0 Å². The Morgan fingerprint density at radius 1 is 0.316 bits per heavy atom. The fourth-order valence-corrected chi connectivity index (χ4v) is 5.59. The molecular formula is C34H70O4. The van der Waals surface area contributed by atoms with Crippen molar-refractivity contribution in [3.05, 3.63) is 0 Å². The van der Waals surface area contributed by atoms with Crippen LogP contribution >= 0.6 is 0 Å². The van der Waals surface area contributed by atoms with Crippen LogP contribution in [0.2, 0.25) is 0 Å². The summed E-state index contributed by atoms with van der Waals surface area (Å²) in [4.78, 5) is 4.58. The quantitative estimate of drug-likeness (QED) is 0.0491. The van der Waals surface area contributed by atoms with E-state index >= 15 is 0 Å². The fourth-order valence-electron chi connectivity index (χ4n) is 5.59. The lowest BCUT2D eigenvalue weighted by molar-refractivity contribution is -0.623. The van der Waals surface area contributed by atoms with Crippen molar-refractivity contribution in [2.24, 2.45) is 0 Å². The maximum atomic E-state index is 7.94. The van der Waals surface area contributed by atoms with Crippen LogP contribution in [0.4, 0.5) is 0 Å². The monoisotopic (exact) mass is 543 g/mol. The Kier molecular flexibility index (Phi) is 36.7. The minimum Gasteiger partial charge on any atom is -0.219 e. The van der Waals surface area contributed by atoms with Crippen LogP contribution in [0.3, 0.4) is 0 Å². The van der Waals surface area contributed by atoms with E-state index in [0.717, 1.165) is 12.8 Å². The van der Waals surface area contributed by atoms with Crippen molar-refractivity contribution in [1.82, 2.24) is 0 Å². The molecule has 0 atom stereocenters. The van der Waals surface area contributed by atoms with E-state index < -0.39 is 0 Å². The van der Waals surface area contributed by atoms with Crippen molar-refractivity contribution in [3.8, 4) is 0 Å². The minimum absolute atomic E-state index is 0.472. The van der Waals surface area contributed by atoms with E-state index in [9.17, 15) is 0 Å². The summed E-state index contributed by atoms with van der Waals surface area (Å²) < 4.78 is 0. The van der Waals surface area contributed by atoms with Crippen LogP contribution in [0.1, 0.15) is 212 Å². The summed E-state index contributed by atoms with van der Waals surface area (Å²) in [7, 11) is 0. The first-order valence-electron chi connectivity index (χ1n) is 17.5. The van der Waals surface area contributed by atoms with Crippen molar-refractivity contribution < 1.29 is 20.2 Å². The highest BCUT2D eigenvalue weighted by Gasteiger charge is 1.97. The van der Waals surface area contributed by atoms with Crippen LogP contribution in [-0.2, 0) is 15.0 Å². The molecule has 4 nitrogen and oxygen atoms in total. The predicted octanol–water partition coefficient (Wildman–Crippen LogP) is 12.8. The molecule has 0 amide bonds. The molecule has 0 heterocycles. The van der Waals surface area contributed by atoms with Crippen LogP contribution in [0.5, 0.6) is 0 Å². The summed E-state index contributed by atoms with van der Waals surface area (Å²) >= 11 is 0. The first kappa shape index (κ1) is 37.8. The number of unbranched alkanes of at least 4 members (excludes halogenated alkanes) is 31. The lowest BCUT2D eigenvalue weighted by atomic mass is 10.0. The average Bonchev–Trinajstić information content (AvgIpc) is 2.93. The molecular weight excluding hydrogens is 472 g/mol. The second kappa shape index (κ2) is 36.8. The average molecular weight is 543 g/mol. The smallest absolute Gasteiger partial charge is 0.0854 e. The molecule has 0 unspecified atom stereocenters. The van der Waals surface area contributed by atoms with Crippen molar-refractivity contribution in [2.75, 3.05) is 6.61 Å². The first-order chi connectivity index (χ1) is 18.9. The van der Waals surface area contributed by atoms with E-state index in [2.05, 4.69) is 21.9 Å². The lowest BCUT2D eigenvalue weighted by Gasteiger charge is -2.05. The van der Waals surface area contributed by atoms with Crippen molar-refractivity contribution in [3.63, 3.8) is 0 Å². The first-order valence-corrected chi connectivity index (χ1v) is 17.5. The van der Waals surface area contributed by atoms with Gasteiger partial charge in [0.15, 0.2) is 0 Å². The summed E-state index contributed by atoms with van der Waals surface area (Å²) in [5.74, 6) is 0. The second-order valence-corrected chi connectivity index (χ2v) is 11.9. The normalized spacial score (nSPS) is 11.5. The molecule has 0 bridgehead atoms. The van der Waals surface area contributed by atoms with E-state index in [1.807, 2.05) is 0 Å². The topological polar surface area (TPSA) is 47.9 Å². The SMILES string of the molecule is CCCCCCCCCCCCCCCCCCCCCCCCCCCCCCCCCCOOOO. The molecule has 0 saturated heterocycles. The van der Waals surface area contributed by atoms with Gasteiger partial charge in [0.05, 0.1) is 6.61 Å². The number of hydrogen-bond acceptors (Lipinski definition) is 4. The fraction of sp³-hybridized carbons (Fsp3) is 1.00. The van der Waals surface area contributed by atoms with Gasteiger partial charge in [0.25, 0.3) is 0 Å². The van der Waals surface area contributed by atoms with E-state index in [-0.39, 0.29) is 0 Å². The molecule has 0 aliphatic rings. The van der Waals surface area contributed by atoms with E-state index in [0.29, 0.717) is 6.61 Å². The van der Waals surface area contributed by atoms with Crippen LogP contribution in [0, 0.1) is 0 Å². The molecule has 230 valence electrons. The standard InChI is InChI=1S/C34H70O4/c1-2-3-4-5-6-7-8-9-10-11-12-13-14-15-16-17-18-19-20-21-22-23-24-25-26-27-28-29-30-31-32-33-34-36-38-37-35/h35H,2-34H2,1H3. The van der Waals surface area contributed by atoms with Crippen LogP contribution in [0.25, 0.3) is 0 Å². The zero-order valence-corrected chi connectivity index (χ0v) is 26.0. The molecule has 1 N–H and O–H groups in total. The summed E-state index contributed by atoms with van der Waals surface area (Å²) in [5, 5.41) is 15.3. The largest absolute Gasteiger partial charge is 0.219 e. The summed E-state index contributed by atoms with van der Waals surface area (Å²) in [5.41, 5.74) is 0. The molecule has 0 aliphatic heterocycles. The minimum atomic E-state index is 0.472. The van der Waals surface area contributed by atoms with Gasteiger partial charge in [0, 0.05) is 0 Å². The van der Waals surface area contributed by atoms with Gasteiger partial charge in [-0.15, -0.1) is 0 Å². The third-order valence-corrected chi connectivity index (χ3v) is 8.16. The van der Waals surface area contributed by atoms with Gasteiger partial charge in [-0.05, 0) is 16.5 Å². The summed E-state index contributed by atoms with van der Waals surface area (Å²) in [6.45, 7) is 2.77. The third-order valence-electron chi connectivity index (χ3n) is 8.16. The van der Waals surface area contributed by atoms with E-state index in [1.165, 1.54) is 193 Å². The van der Waals surface area contributed by atoms with E-state index in [1.54, 1.807) is 0 Å². The highest BCUT2D eigenvalue weighted by atomic mass is 17.6. The number of hydrogen-bond donors (Lipinski definition) is 1. The van der Waals surface area contributed by atoms with Gasteiger partial charge >= 0.3 is 0 Å². The molecule has 0 aromatic heterocycles. The van der Waals surface area contributed by atoms with Gasteiger partial charge in [-0.2, -0.15) is 0 Å². The predicted molar refractivity (Wildman–Crippen MR) is 164 cm³/mol. The Morgan fingerprint density at radius 2 is 0.526 bits per heavy atom. The Bertz CT molecular complexity index is 355. The van der Waals surface area contributed by atoms with Gasteiger partial charge in [0.1, 0.15) is 0 Å². The lowest BCUT2D eigenvalue weighted by Crippen LogP contribution is -1.95. The molecule has 0 spiro atoms. The van der Waals surface area contributed by atoms with Gasteiger partial charge in [-0.1, -0.05) is 206 Å². The van der Waals surface area contributed by atoms with Gasteiger partial charge in [-0.3, -0.25) is 0 Å². The number of rotatable bonds is 35. The zero-order chi connectivity index (χ0) is 27.5. The van der Waals surface area contributed by atoms with Gasteiger partial charge in [0.2, 0.25) is 0 Å². The molecule has 0 radical (unpaired) electrons. The maximum Gasteiger partial charge on any atom is 0.0854 e. The Hall–Kier alpha value is -0.160. The van der Waals surface area contributed by atoms with Crippen LogP contribution in [-0.4, -0.2) is 11.9 Å². The molecule has 0 aromatic rings. The highest BCUT2D eigenvalue weighted by Crippen LogP contribution is 2.16. The van der Waals surface area contributed by atoms with Crippen LogP contribution < -0.4 is 0 Å². The van der Waals surface area contributed by atoms with Gasteiger partial charge in [-0.25, -0.2) is 10.1 Å². The molecule has 4 heteroatoms. The zero-order valence-electron chi connectivity index (χ0n) is 26.0. The molecule has 0 fully saturated rings. The maximum absolute atomic E-state index is 7.94. The van der Waals surface area contributed by atoms with Crippen LogP contribution in [0.15, 0.2) is 0 Å². The summed E-state index contributed by atoms with van der Waals surface area (Å²) in [6.07, 6.45) is 45.4. The van der Waals surface area contributed by atoms with Crippen molar-refractivity contribution in [1.29, 1.82) is 0 Å². The molecule has 0 rings (SSSR count). The highest BCUT2D eigenvalue weighted by molar-refractivity contribution is 4.52. The summed E-state index contributed by atoms with van der Waals surface area (Å²) in [6, 6.07) is 0. The molecule has 0 aliphatic carbocycles. The Labute approximate surface area is 239 Å².